The predicted octanol–water partition coefficient (Wildman–Crippen LogP) is 5.75. The molecule has 2 N–H and O–H groups in total. The Balaban J connectivity index is 2.12. The Morgan fingerprint density at radius 2 is 1.74 bits per heavy atom. The maximum absolute atomic E-state index is 5.52. The molecular weight excluding hydrogens is 368 g/mol. The molecule has 2 rings (SSSR count). The lowest BCUT2D eigenvalue weighted by Gasteiger charge is -2.26. The van der Waals surface area contributed by atoms with E-state index in [2.05, 4.69) is 84.6 Å². The van der Waals surface area contributed by atoms with Crippen LogP contribution in [0.4, 0.5) is 5.69 Å². The summed E-state index contributed by atoms with van der Waals surface area (Å²) in [5.74, 6) is 0.433. The average molecular weight is 391 g/mol. The maximum atomic E-state index is 5.52. The molecule has 1 unspecified atom stereocenters. The van der Waals surface area contributed by atoms with Gasteiger partial charge in [-0.3, -0.25) is 0 Å². The van der Waals surface area contributed by atoms with Crippen LogP contribution in [0.25, 0.3) is 0 Å². The summed E-state index contributed by atoms with van der Waals surface area (Å²) in [5, 5.41) is 7.40. The van der Waals surface area contributed by atoms with E-state index in [0.29, 0.717) is 11.0 Å². The van der Waals surface area contributed by atoms with Crippen molar-refractivity contribution in [1.82, 2.24) is 5.32 Å². The average Bonchev–Trinajstić information content (AvgIpc) is 2.49. The van der Waals surface area contributed by atoms with Crippen molar-refractivity contribution >= 4 is 38.9 Å². The van der Waals surface area contributed by atoms with Gasteiger partial charge in [0.15, 0.2) is 5.11 Å². The van der Waals surface area contributed by atoms with Gasteiger partial charge in [0.1, 0.15) is 0 Å². The Hall–Kier alpha value is -1.39. The summed E-state index contributed by atoms with van der Waals surface area (Å²) >= 11 is 9.03. The van der Waals surface area contributed by atoms with Crippen molar-refractivity contribution in [2.45, 2.75) is 33.7 Å². The number of rotatable bonds is 4. The van der Waals surface area contributed by atoms with E-state index < -0.39 is 0 Å². The third-order valence-electron chi connectivity index (χ3n) is 3.89. The van der Waals surface area contributed by atoms with Gasteiger partial charge in [-0.25, -0.2) is 0 Å². The number of hydrogen-bond donors (Lipinski definition) is 2. The zero-order valence-corrected chi connectivity index (χ0v) is 16.4. The summed E-state index contributed by atoms with van der Waals surface area (Å²) in [5.41, 5.74) is 4.74. The van der Waals surface area contributed by atoms with Crippen LogP contribution in [-0.4, -0.2) is 5.11 Å². The van der Waals surface area contributed by atoms with E-state index >= 15 is 0 Å². The summed E-state index contributed by atoms with van der Waals surface area (Å²) in [6, 6.07) is 14.8. The SMILES string of the molecule is Cc1cc(NC(=S)NC(c2ccccc2C)C(C)C)ccc1Br. The number of benzene rings is 2. The number of aryl methyl sites for hydroxylation is 2. The first kappa shape index (κ1) is 18.0. The monoisotopic (exact) mass is 390 g/mol. The fourth-order valence-electron chi connectivity index (χ4n) is 2.57. The van der Waals surface area contributed by atoms with Crippen LogP contribution in [0.5, 0.6) is 0 Å². The molecule has 0 heterocycles. The van der Waals surface area contributed by atoms with Gasteiger partial charge >= 0.3 is 0 Å². The first-order valence-electron chi connectivity index (χ1n) is 7.77. The van der Waals surface area contributed by atoms with Crippen LogP contribution in [0, 0.1) is 19.8 Å². The van der Waals surface area contributed by atoms with Crippen LogP contribution in [0.15, 0.2) is 46.9 Å². The minimum Gasteiger partial charge on any atom is -0.355 e. The maximum Gasteiger partial charge on any atom is 0.171 e. The van der Waals surface area contributed by atoms with E-state index in [1.807, 2.05) is 12.1 Å². The number of nitrogens with one attached hydrogen (secondary N) is 2. The molecule has 122 valence electrons. The van der Waals surface area contributed by atoms with Gasteiger partial charge in [-0.15, -0.1) is 0 Å². The third kappa shape index (κ3) is 4.79. The lowest BCUT2D eigenvalue weighted by molar-refractivity contribution is 0.471. The largest absolute Gasteiger partial charge is 0.355 e. The molecule has 0 radical (unpaired) electrons. The number of anilines is 1. The summed E-state index contributed by atoms with van der Waals surface area (Å²) in [4.78, 5) is 0. The highest BCUT2D eigenvalue weighted by Gasteiger charge is 2.18. The highest BCUT2D eigenvalue weighted by molar-refractivity contribution is 9.10. The van der Waals surface area contributed by atoms with Gasteiger partial charge in [-0.05, 0) is 66.9 Å². The van der Waals surface area contributed by atoms with Gasteiger partial charge in [0.05, 0.1) is 6.04 Å². The molecule has 0 saturated carbocycles. The third-order valence-corrected chi connectivity index (χ3v) is 5.00. The lowest BCUT2D eigenvalue weighted by atomic mass is 9.93. The van der Waals surface area contributed by atoms with Crippen molar-refractivity contribution in [3.05, 3.63) is 63.6 Å². The van der Waals surface area contributed by atoms with E-state index in [0.717, 1.165) is 10.2 Å². The van der Waals surface area contributed by atoms with Crippen molar-refractivity contribution in [1.29, 1.82) is 0 Å². The van der Waals surface area contributed by atoms with Crippen molar-refractivity contribution < 1.29 is 0 Å². The molecule has 0 bridgehead atoms. The van der Waals surface area contributed by atoms with Crippen LogP contribution in [0.1, 0.15) is 36.6 Å². The predicted molar refractivity (Wildman–Crippen MR) is 107 cm³/mol. The summed E-state index contributed by atoms with van der Waals surface area (Å²) in [6.07, 6.45) is 0. The van der Waals surface area contributed by atoms with Gasteiger partial charge in [0.25, 0.3) is 0 Å². The van der Waals surface area contributed by atoms with E-state index in [9.17, 15) is 0 Å². The molecule has 0 spiro atoms. The van der Waals surface area contributed by atoms with Crippen molar-refractivity contribution in [2.75, 3.05) is 5.32 Å². The van der Waals surface area contributed by atoms with Gasteiger partial charge in [-0.2, -0.15) is 0 Å². The number of halogens is 1. The molecule has 1 atom stereocenters. The molecule has 0 fully saturated rings. The Labute approximate surface area is 152 Å². The number of hydrogen-bond acceptors (Lipinski definition) is 1. The second-order valence-electron chi connectivity index (χ2n) is 6.14. The Morgan fingerprint density at radius 1 is 1.04 bits per heavy atom. The molecule has 2 nitrogen and oxygen atoms in total. The molecular formula is C19H23BrN2S. The summed E-state index contributed by atoms with van der Waals surface area (Å²) in [7, 11) is 0. The molecule has 0 aromatic heterocycles. The van der Waals surface area contributed by atoms with Gasteiger partial charge < -0.3 is 10.6 Å². The quantitative estimate of drug-likeness (QED) is 0.649. The molecule has 0 aliphatic rings. The summed E-state index contributed by atoms with van der Waals surface area (Å²) < 4.78 is 1.10. The van der Waals surface area contributed by atoms with Gasteiger partial charge in [0.2, 0.25) is 0 Å². The fourth-order valence-corrected chi connectivity index (χ4v) is 3.06. The molecule has 2 aromatic carbocycles. The Bertz CT molecular complexity index is 698. The van der Waals surface area contributed by atoms with Crippen LogP contribution < -0.4 is 10.6 Å². The topological polar surface area (TPSA) is 24.1 Å². The van der Waals surface area contributed by atoms with Crippen LogP contribution in [-0.2, 0) is 0 Å². The first-order chi connectivity index (χ1) is 10.9. The summed E-state index contributed by atoms with van der Waals surface area (Å²) in [6.45, 7) is 8.62. The lowest BCUT2D eigenvalue weighted by Crippen LogP contribution is -2.35. The van der Waals surface area contributed by atoms with Crippen molar-refractivity contribution in [3.8, 4) is 0 Å². The normalized spacial score (nSPS) is 12.1. The smallest absolute Gasteiger partial charge is 0.171 e. The standard InChI is InChI=1S/C19H23BrN2S/c1-12(2)18(16-8-6-5-7-13(16)3)22-19(23)21-15-9-10-17(20)14(4)11-15/h5-12,18H,1-4H3,(H2,21,22,23). The van der Waals surface area contributed by atoms with Gasteiger partial charge in [-0.1, -0.05) is 54.0 Å². The Kier molecular flexibility index (Phi) is 6.19. The second kappa shape index (κ2) is 7.93. The fraction of sp³-hybridized carbons (Fsp3) is 0.316. The van der Waals surface area contributed by atoms with Crippen LogP contribution >= 0.6 is 28.1 Å². The zero-order chi connectivity index (χ0) is 17.0. The first-order valence-corrected chi connectivity index (χ1v) is 8.98. The molecule has 23 heavy (non-hydrogen) atoms. The molecule has 0 amide bonds. The molecule has 0 aliphatic carbocycles. The Morgan fingerprint density at radius 3 is 2.35 bits per heavy atom. The van der Waals surface area contributed by atoms with Crippen molar-refractivity contribution in [2.24, 2.45) is 5.92 Å². The van der Waals surface area contributed by atoms with E-state index in [1.54, 1.807) is 0 Å². The van der Waals surface area contributed by atoms with E-state index in [1.165, 1.54) is 16.7 Å². The molecule has 0 aliphatic heterocycles. The van der Waals surface area contributed by atoms with Gasteiger partial charge in [0, 0.05) is 10.2 Å². The second-order valence-corrected chi connectivity index (χ2v) is 7.40. The molecule has 0 saturated heterocycles. The van der Waals surface area contributed by atoms with Crippen molar-refractivity contribution in [3.63, 3.8) is 0 Å². The number of thiocarbonyl (C=S) groups is 1. The van der Waals surface area contributed by atoms with Crippen LogP contribution in [0.3, 0.4) is 0 Å². The zero-order valence-electron chi connectivity index (χ0n) is 14.0. The highest BCUT2D eigenvalue weighted by Crippen LogP contribution is 2.25. The van der Waals surface area contributed by atoms with Crippen LogP contribution in [0.2, 0.25) is 0 Å². The molecule has 4 heteroatoms. The minimum absolute atomic E-state index is 0.188. The van der Waals surface area contributed by atoms with E-state index in [4.69, 9.17) is 12.2 Å². The molecule has 2 aromatic rings. The van der Waals surface area contributed by atoms with E-state index in [-0.39, 0.29) is 6.04 Å². The highest BCUT2D eigenvalue weighted by atomic mass is 79.9. The minimum atomic E-state index is 0.188.